The van der Waals surface area contributed by atoms with Crippen LogP contribution in [-0.2, 0) is 10.8 Å². The van der Waals surface area contributed by atoms with Gasteiger partial charge in [-0.05, 0) is 113 Å². The van der Waals surface area contributed by atoms with E-state index in [1.54, 1.807) is 0 Å². The van der Waals surface area contributed by atoms with E-state index < -0.39 is 5.41 Å². The largest absolute Gasteiger partial charge is 0.310 e. The molecule has 1 spiro atoms. The number of nitrogens with zero attached hydrogens (tertiary/aromatic N) is 1. The lowest BCUT2D eigenvalue weighted by molar-refractivity contribution is 0.660. The minimum absolute atomic E-state index is 0.130. The van der Waals surface area contributed by atoms with Crippen molar-refractivity contribution in [2.75, 3.05) is 4.90 Å². The summed E-state index contributed by atoms with van der Waals surface area (Å²) in [5.74, 6) is 0. The average molecular weight is 726 g/mol. The molecular formula is C56H39N. The van der Waals surface area contributed by atoms with Crippen LogP contribution < -0.4 is 4.90 Å². The highest BCUT2D eigenvalue weighted by atomic mass is 15.1. The molecule has 0 N–H and O–H groups in total. The fourth-order valence-electron chi connectivity index (χ4n) is 10.8. The lowest BCUT2D eigenvalue weighted by Gasteiger charge is -2.32. The van der Waals surface area contributed by atoms with Crippen LogP contribution in [0.15, 0.2) is 200 Å². The summed E-state index contributed by atoms with van der Waals surface area (Å²) >= 11 is 0. The van der Waals surface area contributed by atoms with Crippen LogP contribution in [-0.4, -0.2) is 0 Å². The molecule has 0 fully saturated rings. The van der Waals surface area contributed by atoms with Crippen LogP contribution >= 0.6 is 0 Å². The van der Waals surface area contributed by atoms with Crippen molar-refractivity contribution in [3.05, 3.63) is 234 Å². The average Bonchev–Trinajstić information content (AvgIpc) is 3.83. The maximum atomic E-state index is 2.53. The number of hydrogen-bond donors (Lipinski definition) is 0. The number of benzene rings is 9. The molecular weight excluding hydrogens is 687 g/mol. The van der Waals surface area contributed by atoms with Gasteiger partial charge in [-0.2, -0.15) is 0 Å². The zero-order chi connectivity index (χ0) is 37.9. The van der Waals surface area contributed by atoms with Gasteiger partial charge in [-0.3, -0.25) is 0 Å². The van der Waals surface area contributed by atoms with Gasteiger partial charge in [-0.15, -0.1) is 0 Å². The topological polar surface area (TPSA) is 3.24 Å². The van der Waals surface area contributed by atoms with E-state index in [0.717, 1.165) is 11.4 Å². The van der Waals surface area contributed by atoms with E-state index in [-0.39, 0.29) is 5.41 Å². The second-order valence-corrected chi connectivity index (χ2v) is 16.4. The molecule has 0 saturated heterocycles. The molecule has 1 unspecified atom stereocenters. The standard InChI is InChI=1S/C56H39N/c1-55(2)46-25-11-8-22-42(46)43-32-31-40(35-51(43)55)57(39-20-14-19-38(34-39)36-16-4-3-5-17-36)52-29-15-28-49-54(52)45-24-10-13-27-48(45)56(49)47-26-12-9-23-44(47)53-41-21-7-6-18-37(41)30-33-50(53)56/h3-35H,1-2H3. The van der Waals surface area contributed by atoms with Gasteiger partial charge < -0.3 is 4.90 Å². The first-order valence-electron chi connectivity index (χ1n) is 20.1. The number of fused-ring (bicyclic) bond motifs is 15. The maximum Gasteiger partial charge on any atom is 0.0726 e. The molecule has 9 aromatic rings. The van der Waals surface area contributed by atoms with Gasteiger partial charge in [0, 0.05) is 22.4 Å². The van der Waals surface area contributed by atoms with Gasteiger partial charge in [0.15, 0.2) is 0 Å². The number of rotatable bonds is 4. The first kappa shape index (κ1) is 32.3. The minimum Gasteiger partial charge on any atom is -0.310 e. The monoisotopic (exact) mass is 725 g/mol. The molecule has 0 heterocycles. The zero-order valence-electron chi connectivity index (χ0n) is 32.0. The molecule has 0 saturated carbocycles. The van der Waals surface area contributed by atoms with E-state index >= 15 is 0 Å². The summed E-state index contributed by atoms with van der Waals surface area (Å²) in [4.78, 5) is 2.53. The van der Waals surface area contributed by atoms with Crippen molar-refractivity contribution in [3.8, 4) is 44.5 Å². The molecule has 12 rings (SSSR count). The van der Waals surface area contributed by atoms with Gasteiger partial charge in [0.25, 0.3) is 0 Å². The molecule has 9 aromatic carbocycles. The highest BCUT2D eigenvalue weighted by molar-refractivity contribution is 6.08. The third-order valence-corrected chi connectivity index (χ3v) is 13.3. The van der Waals surface area contributed by atoms with Crippen LogP contribution in [0.2, 0.25) is 0 Å². The quantitative estimate of drug-likeness (QED) is 0.175. The molecule has 0 amide bonds. The molecule has 0 aliphatic heterocycles. The summed E-state index contributed by atoms with van der Waals surface area (Å²) in [5.41, 5.74) is 21.3. The third kappa shape index (κ3) is 4.29. The van der Waals surface area contributed by atoms with Crippen molar-refractivity contribution in [3.63, 3.8) is 0 Å². The SMILES string of the molecule is CC1(C)c2ccccc2-c2ccc(N(c3cccc(-c4ccccc4)c3)c3cccc4c3-c3ccccc3C43c4ccccc4-c4c3ccc3ccccc43)cc21. The third-order valence-electron chi connectivity index (χ3n) is 13.3. The Kier molecular flexibility index (Phi) is 6.67. The Morgan fingerprint density at radius 2 is 0.930 bits per heavy atom. The second kappa shape index (κ2) is 11.8. The van der Waals surface area contributed by atoms with Crippen LogP contribution in [0.4, 0.5) is 17.1 Å². The van der Waals surface area contributed by atoms with E-state index in [2.05, 4.69) is 219 Å². The molecule has 0 radical (unpaired) electrons. The molecule has 3 aliphatic carbocycles. The molecule has 0 aromatic heterocycles. The molecule has 1 nitrogen and oxygen atoms in total. The first-order valence-corrected chi connectivity index (χ1v) is 20.1. The number of hydrogen-bond acceptors (Lipinski definition) is 1. The van der Waals surface area contributed by atoms with Crippen molar-refractivity contribution in [2.24, 2.45) is 0 Å². The van der Waals surface area contributed by atoms with Gasteiger partial charge in [-0.1, -0.05) is 184 Å². The molecule has 0 bridgehead atoms. The Bertz CT molecular complexity index is 3110. The lowest BCUT2D eigenvalue weighted by Crippen LogP contribution is -2.26. The molecule has 57 heavy (non-hydrogen) atoms. The fraction of sp³-hybridized carbons (Fsp3) is 0.0714. The van der Waals surface area contributed by atoms with E-state index in [1.807, 2.05) is 0 Å². The van der Waals surface area contributed by atoms with Gasteiger partial charge in [0.05, 0.1) is 11.1 Å². The van der Waals surface area contributed by atoms with E-state index in [1.165, 1.54) is 94.3 Å². The first-order chi connectivity index (χ1) is 28.0. The van der Waals surface area contributed by atoms with Gasteiger partial charge in [0.2, 0.25) is 0 Å². The molecule has 1 atom stereocenters. The zero-order valence-corrected chi connectivity index (χ0v) is 32.0. The summed E-state index contributed by atoms with van der Waals surface area (Å²) < 4.78 is 0. The minimum atomic E-state index is -0.461. The van der Waals surface area contributed by atoms with Crippen LogP contribution in [0.25, 0.3) is 55.3 Å². The Morgan fingerprint density at radius 1 is 0.351 bits per heavy atom. The highest BCUT2D eigenvalue weighted by Crippen LogP contribution is 2.65. The fourth-order valence-corrected chi connectivity index (χ4v) is 10.8. The molecule has 1 heteroatoms. The van der Waals surface area contributed by atoms with Crippen LogP contribution in [0.1, 0.15) is 47.2 Å². The highest BCUT2D eigenvalue weighted by Gasteiger charge is 2.53. The van der Waals surface area contributed by atoms with Crippen molar-refractivity contribution in [2.45, 2.75) is 24.7 Å². The van der Waals surface area contributed by atoms with Gasteiger partial charge >= 0.3 is 0 Å². The maximum absolute atomic E-state index is 2.53. The summed E-state index contributed by atoms with van der Waals surface area (Å²) in [7, 11) is 0. The van der Waals surface area contributed by atoms with Crippen LogP contribution in [0.5, 0.6) is 0 Å². The summed E-state index contributed by atoms with van der Waals surface area (Å²) in [6.07, 6.45) is 0. The Hall–Kier alpha value is -6.96. The Morgan fingerprint density at radius 3 is 1.74 bits per heavy atom. The van der Waals surface area contributed by atoms with Crippen LogP contribution in [0.3, 0.4) is 0 Å². The van der Waals surface area contributed by atoms with Crippen molar-refractivity contribution in [1.29, 1.82) is 0 Å². The Labute approximate surface area is 334 Å². The van der Waals surface area contributed by atoms with Crippen LogP contribution in [0, 0.1) is 0 Å². The lowest BCUT2D eigenvalue weighted by atomic mass is 9.70. The van der Waals surface area contributed by atoms with E-state index in [9.17, 15) is 0 Å². The summed E-state index contributed by atoms with van der Waals surface area (Å²) in [6.45, 7) is 4.75. The Balaban J connectivity index is 1.16. The predicted octanol–water partition coefficient (Wildman–Crippen LogP) is 14.6. The van der Waals surface area contributed by atoms with Gasteiger partial charge in [0.1, 0.15) is 0 Å². The molecule has 268 valence electrons. The normalized spacial score (nSPS) is 16.1. The van der Waals surface area contributed by atoms with Crippen molar-refractivity contribution in [1.82, 2.24) is 0 Å². The smallest absolute Gasteiger partial charge is 0.0726 e. The van der Waals surface area contributed by atoms with E-state index in [4.69, 9.17) is 0 Å². The number of anilines is 3. The van der Waals surface area contributed by atoms with E-state index in [0.29, 0.717) is 0 Å². The molecule has 3 aliphatic rings. The van der Waals surface area contributed by atoms with Crippen molar-refractivity contribution < 1.29 is 0 Å². The predicted molar refractivity (Wildman–Crippen MR) is 238 cm³/mol. The van der Waals surface area contributed by atoms with Gasteiger partial charge in [-0.25, -0.2) is 0 Å². The summed E-state index contributed by atoms with van der Waals surface area (Å²) in [6, 6.07) is 75.0. The summed E-state index contributed by atoms with van der Waals surface area (Å²) in [5, 5.41) is 2.58. The second-order valence-electron chi connectivity index (χ2n) is 16.4. The van der Waals surface area contributed by atoms with Crippen molar-refractivity contribution >= 4 is 27.8 Å².